The van der Waals surface area contributed by atoms with Gasteiger partial charge in [0.25, 0.3) is 0 Å². The first-order valence-corrected chi connectivity index (χ1v) is 9.64. The molecule has 0 saturated carbocycles. The average Bonchev–Trinajstić information content (AvgIpc) is 3.19. The Morgan fingerprint density at radius 3 is 2.50 bits per heavy atom. The molecule has 0 saturated heterocycles. The standard InChI is InChI=1S/C23H26N4O/c1-16-23(17(2)28-25-16)19-10-11-21-20(15-19)24-22(27(21)13-12-26(3)4)14-18-8-6-5-7-9-18/h5-11,15H,12-14H2,1-4H3. The number of rotatable bonds is 6. The predicted molar refractivity (Wildman–Crippen MR) is 113 cm³/mol. The van der Waals surface area contributed by atoms with E-state index in [1.54, 1.807) is 0 Å². The van der Waals surface area contributed by atoms with E-state index in [0.29, 0.717) is 0 Å². The topological polar surface area (TPSA) is 47.1 Å². The molecule has 2 heterocycles. The fourth-order valence-corrected chi connectivity index (χ4v) is 3.69. The summed E-state index contributed by atoms with van der Waals surface area (Å²) in [5.41, 5.74) is 6.54. The van der Waals surface area contributed by atoms with E-state index in [0.717, 1.165) is 53.4 Å². The molecule has 2 aromatic heterocycles. The Labute approximate surface area is 165 Å². The molecule has 5 nitrogen and oxygen atoms in total. The van der Waals surface area contributed by atoms with Crippen LogP contribution in [0.4, 0.5) is 0 Å². The van der Waals surface area contributed by atoms with E-state index < -0.39 is 0 Å². The maximum Gasteiger partial charge on any atom is 0.141 e. The largest absolute Gasteiger partial charge is 0.361 e. The molecule has 2 aromatic carbocycles. The summed E-state index contributed by atoms with van der Waals surface area (Å²) >= 11 is 0. The Morgan fingerprint density at radius 1 is 1.04 bits per heavy atom. The van der Waals surface area contributed by atoms with Crippen LogP contribution in [0.1, 0.15) is 22.8 Å². The highest BCUT2D eigenvalue weighted by molar-refractivity contribution is 5.83. The second-order valence-corrected chi connectivity index (χ2v) is 7.55. The van der Waals surface area contributed by atoms with Gasteiger partial charge < -0.3 is 14.0 Å². The quantitative estimate of drug-likeness (QED) is 0.500. The van der Waals surface area contributed by atoms with Gasteiger partial charge in [-0.15, -0.1) is 0 Å². The predicted octanol–water partition coefficient (Wildman–Crippen LogP) is 4.46. The van der Waals surface area contributed by atoms with Gasteiger partial charge in [-0.2, -0.15) is 0 Å². The smallest absolute Gasteiger partial charge is 0.141 e. The maximum atomic E-state index is 5.35. The van der Waals surface area contributed by atoms with Crippen molar-refractivity contribution in [2.75, 3.05) is 20.6 Å². The molecule has 4 aromatic rings. The molecule has 0 bridgehead atoms. The molecule has 5 heteroatoms. The average molecular weight is 374 g/mol. The maximum absolute atomic E-state index is 5.35. The first kappa shape index (κ1) is 18.4. The minimum absolute atomic E-state index is 0.823. The van der Waals surface area contributed by atoms with Crippen LogP contribution in [-0.4, -0.2) is 40.2 Å². The molecule has 0 fully saturated rings. The molecule has 0 radical (unpaired) electrons. The number of benzene rings is 2. The highest BCUT2D eigenvalue weighted by atomic mass is 16.5. The van der Waals surface area contributed by atoms with Gasteiger partial charge in [-0.1, -0.05) is 41.6 Å². The van der Waals surface area contributed by atoms with Crippen LogP contribution in [0.2, 0.25) is 0 Å². The number of likely N-dealkylation sites (N-methyl/N-ethyl adjacent to an activating group) is 1. The Kier molecular flexibility index (Phi) is 5.01. The van der Waals surface area contributed by atoms with Gasteiger partial charge in [0, 0.05) is 25.1 Å². The lowest BCUT2D eigenvalue weighted by atomic mass is 10.0. The van der Waals surface area contributed by atoms with Crippen molar-refractivity contribution in [2.24, 2.45) is 0 Å². The molecule has 0 N–H and O–H groups in total. The summed E-state index contributed by atoms with van der Waals surface area (Å²) in [6.07, 6.45) is 0.823. The molecular weight excluding hydrogens is 348 g/mol. The number of fused-ring (bicyclic) bond motifs is 1. The van der Waals surface area contributed by atoms with Gasteiger partial charge in [0.15, 0.2) is 0 Å². The van der Waals surface area contributed by atoms with E-state index in [4.69, 9.17) is 9.51 Å². The summed E-state index contributed by atoms with van der Waals surface area (Å²) in [7, 11) is 4.21. The fourth-order valence-electron chi connectivity index (χ4n) is 3.69. The molecule has 0 aliphatic rings. The molecule has 0 unspecified atom stereocenters. The van der Waals surface area contributed by atoms with Crippen LogP contribution < -0.4 is 0 Å². The number of hydrogen-bond donors (Lipinski definition) is 0. The molecule has 0 aliphatic carbocycles. The van der Waals surface area contributed by atoms with Gasteiger partial charge >= 0.3 is 0 Å². The monoisotopic (exact) mass is 374 g/mol. The van der Waals surface area contributed by atoms with Crippen LogP contribution in [0, 0.1) is 13.8 Å². The van der Waals surface area contributed by atoms with Crippen molar-refractivity contribution in [1.82, 2.24) is 19.6 Å². The zero-order valence-corrected chi connectivity index (χ0v) is 16.9. The van der Waals surface area contributed by atoms with Gasteiger partial charge in [0.1, 0.15) is 11.6 Å². The number of aromatic nitrogens is 3. The Bertz CT molecular complexity index is 1070. The van der Waals surface area contributed by atoms with E-state index in [9.17, 15) is 0 Å². The van der Waals surface area contributed by atoms with E-state index >= 15 is 0 Å². The third-order valence-electron chi connectivity index (χ3n) is 5.13. The third-order valence-corrected chi connectivity index (χ3v) is 5.13. The van der Waals surface area contributed by atoms with Gasteiger partial charge in [-0.3, -0.25) is 0 Å². The van der Waals surface area contributed by atoms with E-state index in [1.165, 1.54) is 11.1 Å². The van der Waals surface area contributed by atoms with Gasteiger partial charge in [0.2, 0.25) is 0 Å². The number of imidazole rings is 1. The van der Waals surface area contributed by atoms with E-state index in [-0.39, 0.29) is 0 Å². The minimum Gasteiger partial charge on any atom is -0.361 e. The lowest BCUT2D eigenvalue weighted by Gasteiger charge is -2.13. The summed E-state index contributed by atoms with van der Waals surface area (Å²) in [4.78, 5) is 7.21. The van der Waals surface area contributed by atoms with E-state index in [2.05, 4.69) is 77.2 Å². The van der Waals surface area contributed by atoms with Crippen molar-refractivity contribution in [3.8, 4) is 11.1 Å². The first-order chi connectivity index (χ1) is 13.5. The van der Waals surface area contributed by atoms with Crippen LogP contribution in [0.3, 0.4) is 0 Å². The summed E-state index contributed by atoms with van der Waals surface area (Å²) < 4.78 is 7.70. The van der Waals surface area contributed by atoms with E-state index in [1.807, 2.05) is 13.8 Å². The fraction of sp³-hybridized carbons (Fsp3) is 0.304. The van der Waals surface area contributed by atoms with Gasteiger partial charge in [-0.05, 0) is 51.2 Å². The summed E-state index contributed by atoms with van der Waals surface area (Å²) in [6.45, 7) is 5.82. The second-order valence-electron chi connectivity index (χ2n) is 7.55. The highest BCUT2D eigenvalue weighted by Crippen LogP contribution is 2.30. The van der Waals surface area contributed by atoms with Crippen molar-refractivity contribution in [2.45, 2.75) is 26.8 Å². The number of hydrogen-bond acceptors (Lipinski definition) is 4. The van der Waals surface area contributed by atoms with Crippen molar-refractivity contribution in [3.63, 3.8) is 0 Å². The lowest BCUT2D eigenvalue weighted by molar-refractivity contribution is 0.384. The molecule has 0 atom stereocenters. The SMILES string of the molecule is Cc1noc(C)c1-c1ccc2c(c1)nc(Cc1ccccc1)n2CCN(C)C. The van der Waals surface area contributed by atoms with Crippen LogP contribution in [0.15, 0.2) is 53.1 Å². The highest BCUT2D eigenvalue weighted by Gasteiger charge is 2.16. The summed E-state index contributed by atoms with van der Waals surface area (Å²) in [5.74, 6) is 1.94. The normalized spacial score (nSPS) is 11.6. The Hall–Kier alpha value is -2.92. The summed E-state index contributed by atoms with van der Waals surface area (Å²) in [5, 5.41) is 4.09. The number of aryl methyl sites for hydroxylation is 2. The van der Waals surface area contributed by atoms with Crippen molar-refractivity contribution < 1.29 is 4.52 Å². The molecule has 28 heavy (non-hydrogen) atoms. The van der Waals surface area contributed by atoms with Crippen LogP contribution >= 0.6 is 0 Å². The summed E-state index contributed by atoms with van der Waals surface area (Å²) in [6, 6.07) is 17.0. The Morgan fingerprint density at radius 2 is 1.82 bits per heavy atom. The minimum atomic E-state index is 0.823. The Balaban J connectivity index is 1.79. The molecule has 4 rings (SSSR count). The van der Waals surface area contributed by atoms with Gasteiger partial charge in [-0.25, -0.2) is 4.98 Å². The first-order valence-electron chi connectivity index (χ1n) is 9.64. The van der Waals surface area contributed by atoms with Crippen LogP contribution in [-0.2, 0) is 13.0 Å². The van der Waals surface area contributed by atoms with Crippen LogP contribution in [0.25, 0.3) is 22.2 Å². The zero-order valence-electron chi connectivity index (χ0n) is 16.9. The molecule has 0 aliphatic heterocycles. The van der Waals surface area contributed by atoms with Crippen LogP contribution in [0.5, 0.6) is 0 Å². The third kappa shape index (κ3) is 3.58. The van der Waals surface area contributed by atoms with Crippen molar-refractivity contribution >= 4 is 11.0 Å². The van der Waals surface area contributed by atoms with Crippen molar-refractivity contribution in [1.29, 1.82) is 0 Å². The number of nitrogens with zero attached hydrogens (tertiary/aromatic N) is 4. The molecule has 0 amide bonds. The lowest BCUT2D eigenvalue weighted by Crippen LogP contribution is -2.19. The van der Waals surface area contributed by atoms with Gasteiger partial charge in [0.05, 0.1) is 16.7 Å². The second kappa shape index (κ2) is 7.60. The molecule has 0 spiro atoms. The molecule has 144 valence electrons. The zero-order chi connectivity index (χ0) is 19.7. The molecular formula is C23H26N4O. The van der Waals surface area contributed by atoms with Crippen molar-refractivity contribution in [3.05, 3.63) is 71.4 Å².